The average molecular weight is 466 g/mol. The zero-order chi connectivity index (χ0) is 22.8. The number of nitrogens with one attached hydrogen (secondary N) is 1. The number of phenols is 1. The number of aromatic hydroxyl groups is 1. The van der Waals surface area contributed by atoms with Gasteiger partial charge < -0.3 is 15.3 Å². The molecule has 164 valence electrons. The number of benzene rings is 2. The molecular weight excluding hydrogens is 445 g/mol. The molecule has 2 aromatic carbocycles. The molecule has 0 bridgehead atoms. The lowest BCUT2D eigenvalue weighted by Gasteiger charge is -2.12. The summed E-state index contributed by atoms with van der Waals surface area (Å²) in [6, 6.07) is 16.9. The highest BCUT2D eigenvalue weighted by Gasteiger charge is 2.53. The van der Waals surface area contributed by atoms with Crippen LogP contribution >= 0.6 is 11.3 Å². The summed E-state index contributed by atoms with van der Waals surface area (Å²) < 4.78 is 41.7. The van der Waals surface area contributed by atoms with Crippen LogP contribution in [-0.4, -0.2) is 35.9 Å². The van der Waals surface area contributed by atoms with Crippen LogP contribution in [0, 0.1) is 5.82 Å². The maximum absolute atomic E-state index is 13.2. The summed E-state index contributed by atoms with van der Waals surface area (Å²) in [4.78, 5) is 9.20. The largest absolute Gasteiger partial charge is 0.505 e. The number of phenolic OH excluding ortho intramolecular Hbond substituents is 1. The Morgan fingerprint density at radius 3 is 2.39 bits per heavy atom. The number of hydrogen-bond acceptors (Lipinski definition) is 5. The monoisotopic (exact) mass is 465 g/mol. The summed E-state index contributed by atoms with van der Waals surface area (Å²) >= 11 is 1.09. The zero-order valence-corrected chi connectivity index (χ0v) is 18.0. The Labute approximate surface area is 182 Å². The van der Waals surface area contributed by atoms with Crippen LogP contribution in [0.1, 0.15) is 18.9 Å². The Morgan fingerprint density at radius 1 is 1.13 bits per heavy atom. The number of hydrogen-bond donors (Lipinski definition) is 4. The van der Waals surface area contributed by atoms with Gasteiger partial charge in [0.15, 0.2) is 11.6 Å². The summed E-state index contributed by atoms with van der Waals surface area (Å²) in [5.74, 6) is -1.17. The van der Waals surface area contributed by atoms with E-state index >= 15 is 0 Å². The highest BCUT2D eigenvalue weighted by atomic mass is 32.2. The van der Waals surface area contributed by atoms with Crippen LogP contribution in [0.4, 0.5) is 9.18 Å². The predicted octanol–water partition coefficient (Wildman–Crippen LogP) is 4.49. The standard InChI is InChI=1S/C20H18FNO3S2.CH2O3/c1-20(14-5-3-2-4-6-14)12-18(20)22-27(24,25)19-10-9-17(26-19)13-7-8-15(21)16(23)11-13;2-1(3)4/h2-11,18,22-23H,12H2,1H3;(H2,2,3,4)/t18-,20+;/m0./s1. The van der Waals surface area contributed by atoms with Gasteiger partial charge in [0.2, 0.25) is 10.0 Å². The van der Waals surface area contributed by atoms with Crippen molar-refractivity contribution in [1.82, 2.24) is 4.72 Å². The number of halogens is 1. The molecule has 0 aliphatic heterocycles. The van der Waals surface area contributed by atoms with Crippen LogP contribution < -0.4 is 4.72 Å². The molecule has 0 amide bonds. The molecule has 1 aliphatic carbocycles. The van der Waals surface area contributed by atoms with Crippen molar-refractivity contribution < 1.29 is 32.9 Å². The summed E-state index contributed by atoms with van der Waals surface area (Å²) in [5.41, 5.74) is 1.49. The Bertz CT molecular complexity index is 1190. The van der Waals surface area contributed by atoms with E-state index in [9.17, 15) is 17.9 Å². The molecule has 1 fully saturated rings. The molecule has 2 atom stereocenters. The molecule has 1 saturated carbocycles. The van der Waals surface area contributed by atoms with Crippen molar-refractivity contribution in [1.29, 1.82) is 0 Å². The lowest BCUT2D eigenvalue weighted by atomic mass is 9.98. The second kappa shape index (κ2) is 8.66. The van der Waals surface area contributed by atoms with Gasteiger partial charge in [0.25, 0.3) is 0 Å². The molecular formula is C21H20FNO6S2. The Balaban J connectivity index is 0.000000628. The fraction of sp³-hybridized carbons (Fsp3) is 0.190. The third-order valence-electron chi connectivity index (χ3n) is 5.04. The SMILES string of the molecule is C[C@]1(c2ccccc2)C[C@@H]1NS(=O)(=O)c1ccc(-c2ccc(F)c(O)c2)s1.O=C(O)O. The van der Waals surface area contributed by atoms with Gasteiger partial charge in [-0.2, -0.15) is 0 Å². The molecule has 1 aromatic heterocycles. The van der Waals surface area contributed by atoms with Crippen LogP contribution in [0.3, 0.4) is 0 Å². The van der Waals surface area contributed by atoms with E-state index in [1.165, 1.54) is 18.2 Å². The fourth-order valence-electron chi connectivity index (χ4n) is 3.21. The maximum atomic E-state index is 13.2. The van der Waals surface area contributed by atoms with Crippen molar-refractivity contribution in [3.63, 3.8) is 0 Å². The van der Waals surface area contributed by atoms with E-state index in [2.05, 4.69) is 11.6 Å². The minimum absolute atomic E-state index is 0.148. The maximum Gasteiger partial charge on any atom is 0.503 e. The quantitative estimate of drug-likeness (QED) is 0.440. The van der Waals surface area contributed by atoms with Crippen LogP contribution in [0.15, 0.2) is 64.9 Å². The first-order valence-corrected chi connectivity index (χ1v) is 11.4. The summed E-state index contributed by atoms with van der Waals surface area (Å²) in [6.07, 6.45) is -1.08. The highest BCUT2D eigenvalue weighted by Crippen LogP contribution is 2.48. The number of thiophene rings is 1. The van der Waals surface area contributed by atoms with Gasteiger partial charge in [-0.1, -0.05) is 43.3 Å². The predicted molar refractivity (Wildman–Crippen MR) is 115 cm³/mol. The Morgan fingerprint density at radius 2 is 1.77 bits per heavy atom. The number of carboxylic acid groups (broad SMARTS) is 2. The van der Waals surface area contributed by atoms with Crippen molar-refractivity contribution in [3.05, 3.63) is 72.0 Å². The first-order chi connectivity index (χ1) is 14.5. The highest BCUT2D eigenvalue weighted by molar-refractivity contribution is 7.91. The van der Waals surface area contributed by atoms with E-state index < -0.39 is 27.7 Å². The van der Waals surface area contributed by atoms with Gasteiger partial charge in [-0.05, 0) is 41.8 Å². The van der Waals surface area contributed by atoms with E-state index in [0.717, 1.165) is 29.4 Å². The van der Waals surface area contributed by atoms with Gasteiger partial charge in [0.05, 0.1) is 0 Å². The van der Waals surface area contributed by atoms with Crippen LogP contribution in [0.25, 0.3) is 10.4 Å². The first kappa shape index (κ1) is 22.7. The second-order valence-electron chi connectivity index (χ2n) is 7.23. The summed E-state index contributed by atoms with van der Waals surface area (Å²) in [7, 11) is -3.65. The van der Waals surface area contributed by atoms with E-state index in [0.29, 0.717) is 10.4 Å². The van der Waals surface area contributed by atoms with Crippen molar-refractivity contribution in [2.24, 2.45) is 0 Å². The molecule has 0 spiro atoms. The average Bonchev–Trinajstić information content (AvgIpc) is 3.13. The molecule has 7 nitrogen and oxygen atoms in total. The minimum atomic E-state index is -3.65. The topological polar surface area (TPSA) is 124 Å². The Hall–Kier alpha value is -2.95. The number of sulfonamides is 1. The second-order valence-corrected chi connectivity index (χ2v) is 10.3. The van der Waals surface area contributed by atoms with E-state index in [-0.39, 0.29) is 15.7 Å². The molecule has 1 heterocycles. The van der Waals surface area contributed by atoms with Crippen molar-refractivity contribution in [2.45, 2.75) is 29.0 Å². The molecule has 4 rings (SSSR count). The lowest BCUT2D eigenvalue weighted by molar-refractivity contribution is 0.137. The van der Waals surface area contributed by atoms with Crippen molar-refractivity contribution in [3.8, 4) is 16.2 Å². The molecule has 0 radical (unpaired) electrons. The van der Waals surface area contributed by atoms with E-state index in [1.807, 2.05) is 30.3 Å². The molecule has 10 heteroatoms. The smallest absolute Gasteiger partial charge is 0.503 e. The molecule has 3 aromatic rings. The van der Waals surface area contributed by atoms with E-state index in [1.54, 1.807) is 6.07 Å². The molecule has 1 aliphatic rings. The van der Waals surface area contributed by atoms with Crippen molar-refractivity contribution >= 4 is 27.5 Å². The first-order valence-electron chi connectivity index (χ1n) is 9.11. The van der Waals surface area contributed by atoms with Gasteiger partial charge in [-0.25, -0.2) is 22.3 Å². The third-order valence-corrected chi connectivity index (χ3v) is 8.14. The number of carbonyl (C=O) groups is 1. The fourth-order valence-corrected chi connectivity index (χ4v) is 5.87. The van der Waals surface area contributed by atoms with Gasteiger partial charge in [0, 0.05) is 16.3 Å². The minimum Gasteiger partial charge on any atom is -0.505 e. The van der Waals surface area contributed by atoms with Gasteiger partial charge in [0.1, 0.15) is 4.21 Å². The lowest BCUT2D eigenvalue weighted by Crippen LogP contribution is -2.29. The molecule has 0 saturated heterocycles. The third kappa shape index (κ3) is 5.22. The normalized spacial score (nSPS) is 19.9. The Kier molecular flexibility index (Phi) is 6.35. The van der Waals surface area contributed by atoms with Crippen LogP contribution in [0.5, 0.6) is 5.75 Å². The van der Waals surface area contributed by atoms with Gasteiger partial charge >= 0.3 is 6.16 Å². The van der Waals surface area contributed by atoms with Crippen LogP contribution in [-0.2, 0) is 15.4 Å². The van der Waals surface area contributed by atoms with Gasteiger partial charge in [-0.15, -0.1) is 11.3 Å². The summed E-state index contributed by atoms with van der Waals surface area (Å²) in [5, 5.41) is 23.5. The molecule has 0 unspecified atom stereocenters. The van der Waals surface area contributed by atoms with Crippen LogP contribution in [0.2, 0.25) is 0 Å². The molecule has 31 heavy (non-hydrogen) atoms. The summed E-state index contributed by atoms with van der Waals surface area (Å²) in [6.45, 7) is 2.05. The van der Waals surface area contributed by atoms with Crippen molar-refractivity contribution in [2.75, 3.05) is 0 Å². The zero-order valence-electron chi connectivity index (χ0n) is 16.3. The number of rotatable bonds is 5. The van der Waals surface area contributed by atoms with Gasteiger partial charge in [-0.3, -0.25) is 0 Å². The molecule has 4 N–H and O–H groups in total. The van der Waals surface area contributed by atoms with E-state index in [4.69, 9.17) is 15.0 Å².